The minimum Gasteiger partial charge on any atom is -0.454 e. The maximum Gasteiger partial charge on any atom is 0.231 e. The number of fused-ring (bicyclic) bond motifs is 1. The Morgan fingerprint density at radius 3 is 2.46 bits per heavy atom. The van der Waals surface area contributed by atoms with Crippen LogP contribution in [0, 0.1) is 0 Å². The molecule has 0 radical (unpaired) electrons. The Hall–Kier alpha value is -1.26. The summed E-state index contributed by atoms with van der Waals surface area (Å²) >= 11 is 0. The van der Waals surface area contributed by atoms with E-state index in [0.29, 0.717) is 12.8 Å². The zero-order valence-corrected chi connectivity index (χ0v) is 14.5. The number of piperidine rings is 1. The molecule has 2 fully saturated rings. The molecule has 1 aromatic rings. The molecule has 4 rings (SSSR count). The van der Waals surface area contributed by atoms with E-state index in [0.717, 1.165) is 31.0 Å². The molecule has 4 nitrogen and oxygen atoms in total. The highest BCUT2D eigenvalue weighted by molar-refractivity contribution is 5.45. The number of β-amino-alcohol motifs (C(OH)–C–C–N with tert-alkyl or cyclic N) is 1. The maximum atomic E-state index is 10.8. The van der Waals surface area contributed by atoms with Crippen molar-refractivity contribution in [2.75, 3.05) is 19.9 Å². The molecule has 0 bridgehead atoms. The van der Waals surface area contributed by atoms with Crippen molar-refractivity contribution in [3.8, 4) is 11.5 Å². The van der Waals surface area contributed by atoms with Crippen molar-refractivity contribution in [3.05, 3.63) is 23.8 Å². The van der Waals surface area contributed by atoms with Gasteiger partial charge in [0.2, 0.25) is 6.79 Å². The molecule has 2 atom stereocenters. The van der Waals surface area contributed by atoms with Gasteiger partial charge < -0.3 is 14.6 Å². The SMILES string of the molecule is O[C@@H]1CN(C2CCCCCCC2)CC[C@H]1c1ccc2c(c1)OCO2. The van der Waals surface area contributed by atoms with Gasteiger partial charge in [0.25, 0.3) is 0 Å². The Bertz CT molecular complexity index is 554. The Morgan fingerprint density at radius 2 is 1.67 bits per heavy atom. The van der Waals surface area contributed by atoms with Gasteiger partial charge in [-0.3, -0.25) is 4.90 Å². The molecule has 0 unspecified atom stereocenters. The fourth-order valence-corrected chi connectivity index (χ4v) is 4.62. The summed E-state index contributed by atoms with van der Waals surface area (Å²) in [4.78, 5) is 2.56. The molecule has 1 N–H and O–H groups in total. The number of nitrogens with zero attached hydrogens (tertiary/aromatic N) is 1. The van der Waals surface area contributed by atoms with Crippen LogP contribution in [0.15, 0.2) is 18.2 Å². The first-order chi connectivity index (χ1) is 11.8. The van der Waals surface area contributed by atoms with Crippen LogP contribution in [-0.4, -0.2) is 42.0 Å². The molecule has 2 aliphatic heterocycles. The first-order valence-corrected chi connectivity index (χ1v) is 9.63. The van der Waals surface area contributed by atoms with E-state index in [-0.39, 0.29) is 12.0 Å². The van der Waals surface area contributed by atoms with E-state index in [9.17, 15) is 5.11 Å². The minimum absolute atomic E-state index is 0.212. The molecule has 132 valence electrons. The smallest absolute Gasteiger partial charge is 0.231 e. The van der Waals surface area contributed by atoms with Crippen molar-refractivity contribution >= 4 is 0 Å². The lowest BCUT2D eigenvalue weighted by molar-refractivity contribution is 0.0233. The first-order valence-electron chi connectivity index (χ1n) is 9.63. The molecule has 4 heteroatoms. The number of rotatable bonds is 2. The summed E-state index contributed by atoms with van der Waals surface area (Å²) in [7, 11) is 0. The van der Waals surface area contributed by atoms with Gasteiger partial charge in [-0.15, -0.1) is 0 Å². The lowest BCUT2D eigenvalue weighted by Gasteiger charge is -2.41. The third kappa shape index (κ3) is 3.40. The molecule has 24 heavy (non-hydrogen) atoms. The summed E-state index contributed by atoms with van der Waals surface area (Å²) in [6.45, 7) is 2.21. The molecule has 1 saturated heterocycles. The summed E-state index contributed by atoms with van der Waals surface area (Å²) in [6.07, 6.45) is 10.2. The fourth-order valence-electron chi connectivity index (χ4n) is 4.62. The summed E-state index contributed by atoms with van der Waals surface area (Å²) in [6, 6.07) is 6.80. The summed E-state index contributed by atoms with van der Waals surface area (Å²) in [5.41, 5.74) is 1.18. The van der Waals surface area contributed by atoms with E-state index in [4.69, 9.17) is 9.47 Å². The highest BCUT2D eigenvalue weighted by Gasteiger charge is 2.32. The fraction of sp³-hybridized carbons (Fsp3) is 0.700. The highest BCUT2D eigenvalue weighted by atomic mass is 16.7. The Balaban J connectivity index is 1.40. The Kier molecular flexibility index (Phi) is 4.95. The lowest BCUT2D eigenvalue weighted by atomic mass is 9.85. The number of aliphatic hydroxyl groups is 1. The lowest BCUT2D eigenvalue weighted by Crippen LogP contribution is -2.47. The molecule has 1 aromatic carbocycles. The monoisotopic (exact) mass is 331 g/mol. The third-order valence-electron chi connectivity index (χ3n) is 6.03. The predicted octanol–water partition coefficient (Wildman–Crippen LogP) is 3.68. The van der Waals surface area contributed by atoms with Crippen LogP contribution in [0.5, 0.6) is 11.5 Å². The molecule has 3 aliphatic rings. The van der Waals surface area contributed by atoms with E-state index in [2.05, 4.69) is 17.0 Å². The van der Waals surface area contributed by atoms with Crippen molar-refractivity contribution in [3.63, 3.8) is 0 Å². The zero-order chi connectivity index (χ0) is 16.4. The van der Waals surface area contributed by atoms with E-state index in [1.54, 1.807) is 0 Å². The van der Waals surface area contributed by atoms with Crippen LogP contribution >= 0.6 is 0 Å². The average Bonchev–Trinajstić information content (AvgIpc) is 3.02. The topological polar surface area (TPSA) is 41.9 Å². The van der Waals surface area contributed by atoms with Gasteiger partial charge in [0.1, 0.15) is 0 Å². The number of ether oxygens (including phenoxy) is 2. The van der Waals surface area contributed by atoms with Crippen LogP contribution in [0.3, 0.4) is 0 Å². The van der Waals surface area contributed by atoms with Crippen molar-refractivity contribution < 1.29 is 14.6 Å². The Morgan fingerprint density at radius 1 is 0.917 bits per heavy atom. The normalized spacial score (nSPS) is 29.2. The summed E-state index contributed by atoms with van der Waals surface area (Å²) in [5, 5.41) is 10.8. The number of likely N-dealkylation sites (tertiary alicyclic amines) is 1. The molecule has 0 aromatic heterocycles. The van der Waals surface area contributed by atoms with Gasteiger partial charge >= 0.3 is 0 Å². The van der Waals surface area contributed by atoms with Gasteiger partial charge in [0, 0.05) is 18.5 Å². The Labute approximate surface area is 144 Å². The number of hydrogen-bond acceptors (Lipinski definition) is 4. The molecule has 1 aliphatic carbocycles. The minimum atomic E-state index is -0.287. The van der Waals surface area contributed by atoms with E-state index in [1.807, 2.05) is 6.07 Å². The molecule has 0 spiro atoms. The van der Waals surface area contributed by atoms with Crippen LogP contribution in [0.1, 0.15) is 62.8 Å². The van der Waals surface area contributed by atoms with Crippen LogP contribution in [0.25, 0.3) is 0 Å². The van der Waals surface area contributed by atoms with Gasteiger partial charge in [-0.1, -0.05) is 38.2 Å². The second-order valence-electron chi connectivity index (χ2n) is 7.57. The van der Waals surface area contributed by atoms with Gasteiger partial charge in [-0.2, -0.15) is 0 Å². The van der Waals surface area contributed by atoms with Crippen LogP contribution in [-0.2, 0) is 0 Å². The number of aliphatic hydroxyl groups excluding tert-OH is 1. The van der Waals surface area contributed by atoms with Gasteiger partial charge in [-0.25, -0.2) is 0 Å². The molecular formula is C20H29NO3. The molecule has 2 heterocycles. The summed E-state index contributed by atoms with van der Waals surface area (Å²) < 4.78 is 10.9. The highest BCUT2D eigenvalue weighted by Crippen LogP contribution is 2.38. The molecular weight excluding hydrogens is 302 g/mol. The number of benzene rings is 1. The largest absolute Gasteiger partial charge is 0.454 e. The number of hydrogen-bond donors (Lipinski definition) is 1. The van der Waals surface area contributed by atoms with Gasteiger partial charge in [0.15, 0.2) is 11.5 Å². The standard InChI is InChI=1S/C20H29NO3/c22-18-13-21(16-6-4-2-1-3-5-7-16)11-10-17(18)15-8-9-19-20(12-15)24-14-23-19/h8-9,12,16-18,22H,1-7,10-11,13-14H2/t17-,18+/m0/s1. The van der Waals surface area contributed by atoms with Gasteiger partial charge in [-0.05, 0) is 43.5 Å². The van der Waals surface area contributed by atoms with Crippen LogP contribution in [0.4, 0.5) is 0 Å². The van der Waals surface area contributed by atoms with Crippen molar-refractivity contribution in [2.45, 2.75) is 69.4 Å². The van der Waals surface area contributed by atoms with Gasteiger partial charge in [0.05, 0.1) is 6.10 Å². The van der Waals surface area contributed by atoms with Crippen molar-refractivity contribution in [1.82, 2.24) is 4.90 Å². The van der Waals surface area contributed by atoms with Crippen LogP contribution < -0.4 is 9.47 Å². The van der Waals surface area contributed by atoms with Crippen molar-refractivity contribution in [2.24, 2.45) is 0 Å². The second-order valence-corrected chi connectivity index (χ2v) is 7.57. The molecule has 1 saturated carbocycles. The van der Waals surface area contributed by atoms with E-state index >= 15 is 0 Å². The zero-order valence-electron chi connectivity index (χ0n) is 14.5. The molecule has 0 amide bonds. The van der Waals surface area contributed by atoms with E-state index < -0.39 is 0 Å². The maximum absolute atomic E-state index is 10.8. The van der Waals surface area contributed by atoms with Crippen LogP contribution in [0.2, 0.25) is 0 Å². The third-order valence-corrected chi connectivity index (χ3v) is 6.03. The average molecular weight is 331 g/mol. The second kappa shape index (κ2) is 7.32. The quantitative estimate of drug-likeness (QED) is 0.898. The summed E-state index contributed by atoms with van der Waals surface area (Å²) in [5.74, 6) is 1.85. The van der Waals surface area contributed by atoms with Crippen molar-refractivity contribution in [1.29, 1.82) is 0 Å². The first kappa shape index (κ1) is 16.2. The predicted molar refractivity (Wildman–Crippen MR) is 93.6 cm³/mol. The van der Waals surface area contributed by atoms with E-state index in [1.165, 1.54) is 50.5 Å².